The summed E-state index contributed by atoms with van der Waals surface area (Å²) in [4.78, 5) is 16.3. The molecule has 1 saturated carbocycles. The number of nitrogens with zero attached hydrogens (tertiary/aromatic N) is 1. The summed E-state index contributed by atoms with van der Waals surface area (Å²) in [6.45, 7) is 1.90. The average molecular weight is 326 g/mol. The molecule has 0 bridgehead atoms. The first-order valence-electron chi connectivity index (χ1n) is 7.59. The maximum Gasteiger partial charge on any atom is 0.229 e. The molecule has 3 nitrogen and oxygen atoms in total. The van der Waals surface area contributed by atoms with Crippen LogP contribution in [0.2, 0.25) is 0 Å². The van der Waals surface area contributed by atoms with Gasteiger partial charge >= 0.3 is 0 Å². The van der Waals surface area contributed by atoms with Crippen LogP contribution in [0.5, 0.6) is 0 Å². The van der Waals surface area contributed by atoms with Crippen LogP contribution in [-0.2, 0) is 4.79 Å². The van der Waals surface area contributed by atoms with Crippen LogP contribution < -0.4 is 5.32 Å². The van der Waals surface area contributed by atoms with Gasteiger partial charge in [0.25, 0.3) is 0 Å². The summed E-state index contributed by atoms with van der Waals surface area (Å²) in [5, 5.41) is 3.48. The van der Waals surface area contributed by atoms with Crippen molar-refractivity contribution in [2.75, 3.05) is 5.32 Å². The van der Waals surface area contributed by atoms with E-state index in [1.54, 1.807) is 6.07 Å². The molecule has 0 saturated heterocycles. The largest absolute Gasteiger partial charge is 0.302 e. The molecule has 1 fully saturated rings. The molecule has 1 amide bonds. The van der Waals surface area contributed by atoms with E-state index < -0.39 is 0 Å². The third kappa shape index (κ3) is 2.72. The summed E-state index contributed by atoms with van der Waals surface area (Å²) in [5.74, 6) is -0.0241. The summed E-state index contributed by atoms with van der Waals surface area (Å²) < 4.78 is 15.1. The number of thiazole rings is 1. The van der Waals surface area contributed by atoms with E-state index >= 15 is 0 Å². The molecule has 1 heterocycles. The number of rotatable bonds is 3. The minimum Gasteiger partial charge on any atom is -0.302 e. The zero-order valence-corrected chi connectivity index (χ0v) is 13.4. The SMILES string of the molecule is Cc1cccc(F)c1-c1ccc2nc(NC(=O)C3CC3)sc2c1. The Balaban J connectivity index is 1.71. The summed E-state index contributed by atoms with van der Waals surface area (Å²) >= 11 is 1.43. The van der Waals surface area contributed by atoms with Crippen molar-refractivity contribution in [2.24, 2.45) is 5.92 Å². The molecule has 1 N–H and O–H groups in total. The highest BCUT2D eigenvalue weighted by Gasteiger charge is 2.30. The van der Waals surface area contributed by atoms with Gasteiger partial charge in [-0.25, -0.2) is 9.37 Å². The number of carbonyl (C=O) groups is 1. The van der Waals surface area contributed by atoms with Crippen LogP contribution in [0.15, 0.2) is 36.4 Å². The van der Waals surface area contributed by atoms with Gasteiger partial charge < -0.3 is 5.32 Å². The zero-order valence-electron chi connectivity index (χ0n) is 12.6. The second-order valence-corrected chi connectivity index (χ2v) is 6.93. The van der Waals surface area contributed by atoms with Crippen molar-refractivity contribution >= 4 is 32.6 Å². The second kappa shape index (κ2) is 5.42. The lowest BCUT2D eigenvalue weighted by Gasteiger charge is -2.07. The molecule has 4 rings (SSSR count). The minimum atomic E-state index is -0.226. The van der Waals surface area contributed by atoms with Gasteiger partial charge in [0.05, 0.1) is 10.2 Å². The topological polar surface area (TPSA) is 42.0 Å². The minimum absolute atomic E-state index is 0.0502. The molecule has 5 heteroatoms. The Labute approximate surface area is 137 Å². The highest BCUT2D eigenvalue weighted by molar-refractivity contribution is 7.22. The number of anilines is 1. The number of aromatic nitrogens is 1. The fourth-order valence-corrected chi connectivity index (χ4v) is 3.59. The predicted octanol–water partition coefficient (Wildman–Crippen LogP) is 4.76. The lowest BCUT2D eigenvalue weighted by atomic mass is 10.00. The molecule has 1 aliphatic rings. The Morgan fingerprint density at radius 1 is 1.30 bits per heavy atom. The average Bonchev–Trinajstić information content (AvgIpc) is 3.28. The summed E-state index contributed by atoms with van der Waals surface area (Å²) in [5.41, 5.74) is 3.16. The molecule has 0 aliphatic heterocycles. The van der Waals surface area contributed by atoms with Crippen molar-refractivity contribution < 1.29 is 9.18 Å². The van der Waals surface area contributed by atoms with E-state index in [0.717, 1.165) is 34.2 Å². The summed E-state index contributed by atoms with van der Waals surface area (Å²) in [6, 6.07) is 10.8. The molecule has 116 valence electrons. The van der Waals surface area contributed by atoms with Crippen molar-refractivity contribution in [2.45, 2.75) is 19.8 Å². The predicted molar refractivity (Wildman–Crippen MR) is 91.1 cm³/mol. The van der Waals surface area contributed by atoms with Crippen LogP contribution in [-0.4, -0.2) is 10.9 Å². The first-order chi connectivity index (χ1) is 11.1. The standard InChI is InChI=1S/C18H15FN2OS/c1-10-3-2-4-13(19)16(10)12-7-8-14-15(9-12)23-18(20-14)21-17(22)11-5-6-11/h2-4,7-9,11H,5-6H2,1H3,(H,20,21,22). The van der Waals surface area contributed by atoms with Crippen LogP contribution in [0.3, 0.4) is 0 Å². The van der Waals surface area contributed by atoms with Crippen LogP contribution >= 0.6 is 11.3 Å². The Kier molecular flexibility index (Phi) is 3.38. The van der Waals surface area contributed by atoms with Gasteiger partial charge in [0.2, 0.25) is 5.91 Å². The monoisotopic (exact) mass is 326 g/mol. The molecular weight excluding hydrogens is 311 g/mol. The lowest BCUT2D eigenvalue weighted by Crippen LogP contribution is -2.12. The van der Waals surface area contributed by atoms with Crippen molar-refractivity contribution in [1.82, 2.24) is 4.98 Å². The Hall–Kier alpha value is -2.27. The number of benzene rings is 2. The molecule has 1 aromatic heterocycles. The number of fused-ring (bicyclic) bond motifs is 1. The third-order valence-corrected chi connectivity index (χ3v) is 5.01. The van der Waals surface area contributed by atoms with Crippen molar-refractivity contribution in [3.8, 4) is 11.1 Å². The third-order valence-electron chi connectivity index (χ3n) is 4.08. The van der Waals surface area contributed by atoms with Gasteiger partial charge in [-0.1, -0.05) is 29.5 Å². The first-order valence-corrected chi connectivity index (χ1v) is 8.40. The molecule has 0 atom stereocenters. The van der Waals surface area contributed by atoms with E-state index in [4.69, 9.17) is 0 Å². The summed E-state index contributed by atoms with van der Waals surface area (Å²) in [6.07, 6.45) is 1.93. The van der Waals surface area contributed by atoms with Crippen molar-refractivity contribution in [3.63, 3.8) is 0 Å². The van der Waals surface area contributed by atoms with Gasteiger partial charge in [0.15, 0.2) is 5.13 Å². The van der Waals surface area contributed by atoms with Gasteiger partial charge in [0.1, 0.15) is 5.82 Å². The molecule has 0 radical (unpaired) electrons. The zero-order chi connectivity index (χ0) is 16.0. The van der Waals surface area contributed by atoms with E-state index in [9.17, 15) is 9.18 Å². The van der Waals surface area contributed by atoms with E-state index in [2.05, 4.69) is 10.3 Å². The molecule has 3 aromatic rings. The number of hydrogen-bond acceptors (Lipinski definition) is 3. The number of aryl methyl sites for hydroxylation is 1. The second-order valence-electron chi connectivity index (χ2n) is 5.90. The lowest BCUT2D eigenvalue weighted by molar-refractivity contribution is -0.117. The smallest absolute Gasteiger partial charge is 0.229 e. The highest BCUT2D eigenvalue weighted by atomic mass is 32.1. The number of carbonyl (C=O) groups excluding carboxylic acids is 1. The molecule has 0 spiro atoms. The maximum atomic E-state index is 14.1. The Bertz CT molecular complexity index is 894. The summed E-state index contributed by atoms with van der Waals surface area (Å²) in [7, 11) is 0. The van der Waals surface area contributed by atoms with E-state index in [0.29, 0.717) is 10.7 Å². The van der Waals surface area contributed by atoms with Crippen LogP contribution in [0.4, 0.5) is 9.52 Å². The number of amides is 1. The van der Waals surface area contributed by atoms with Gasteiger partial charge in [-0.3, -0.25) is 4.79 Å². The van der Waals surface area contributed by atoms with Gasteiger partial charge in [-0.2, -0.15) is 0 Å². The molecular formula is C18H15FN2OS. The fraction of sp³-hybridized carbons (Fsp3) is 0.222. The number of nitrogens with one attached hydrogen (secondary N) is 1. The van der Waals surface area contributed by atoms with E-state index in [1.165, 1.54) is 17.4 Å². The first kappa shape index (κ1) is 14.3. The number of hydrogen-bond donors (Lipinski definition) is 1. The fourth-order valence-electron chi connectivity index (χ4n) is 2.68. The van der Waals surface area contributed by atoms with Crippen LogP contribution in [0.1, 0.15) is 18.4 Å². The van der Waals surface area contributed by atoms with Crippen LogP contribution in [0, 0.1) is 18.7 Å². The van der Waals surface area contributed by atoms with E-state index in [-0.39, 0.29) is 17.6 Å². The molecule has 0 unspecified atom stereocenters. The molecule has 2 aromatic carbocycles. The van der Waals surface area contributed by atoms with Crippen molar-refractivity contribution in [3.05, 3.63) is 47.8 Å². The Morgan fingerprint density at radius 3 is 2.87 bits per heavy atom. The van der Waals surface area contributed by atoms with Crippen LogP contribution in [0.25, 0.3) is 21.3 Å². The normalized spacial score (nSPS) is 14.2. The quantitative estimate of drug-likeness (QED) is 0.754. The van der Waals surface area contributed by atoms with Gasteiger partial charge in [-0.05, 0) is 49.1 Å². The highest BCUT2D eigenvalue weighted by Crippen LogP contribution is 2.34. The molecule has 23 heavy (non-hydrogen) atoms. The molecule has 1 aliphatic carbocycles. The number of halogens is 1. The Morgan fingerprint density at radius 2 is 2.13 bits per heavy atom. The van der Waals surface area contributed by atoms with Gasteiger partial charge in [-0.15, -0.1) is 0 Å². The maximum absolute atomic E-state index is 14.1. The van der Waals surface area contributed by atoms with E-state index in [1.807, 2.05) is 31.2 Å². The van der Waals surface area contributed by atoms with Gasteiger partial charge in [0, 0.05) is 11.5 Å². The van der Waals surface area contributed by atoms with Crippen molar-refractivity contribution in [1.29, 1.82) is 0 Å².